The van der Waals surface area contributed by atoms with Crippen molar-refractivity contribution in [1.29, 1.82) is 0 Å². The van der Waals surface area contributed by atoms with Crippen LogP contribution in [0, 0.1) is 0 Å². The summed E-state index contributed by atoms with van der Waals surface area (Å²) in [5.41, 5.74) is 2.19. The summed E-state index contributed by atoms with van der Waals surface area (Å²) >= 11 is 5.92. The van der Waals surface area contributed by atoms with Gasteiger partial charge in [0.1, 0.15) is 5.76 Å². The highest BCUT2D eigenvalue weighted by Gasteiger charge is 2.29. The number of esters is 1. The molecule has 96 valence electrons. The molecule has 0 radical (unpaired) electrons. The second-order valence-electron chi connectivity index (χ2n) is 4.65. The van der Waals surface area contributed by atoms with Crippen LogP contribution in [0.2, 0.25) is 5.02 Å². The number of carbonyl (C=O) groups excluding carboxylic acids is 1. The largest absolute Gasteiger partial charge is 0.430 e. The van der Waals surface area contributed by atoms with Gasteiger partial charge in [0.2, 0.25) is 0 Å². The van der Waals surface area contributed by atoms with Crippen LogP contribution in [-0.4, -0.2) is 5.97 Å². The van der Waals surface area contributed by atoms with Gasteiger partial charge in [0, 0.05) is 17.4 Å². The number of benzene rings is 1. The summed E-state index contributed by atoms with van der Waals surface area (Å²) < 4.78 is 5.36. The zero-order valence-electron chi connectivity index (χ0n) is 10.3. The summed E-state index contributed by atoms with van der Waals surface area (Å²) in [6.45, 7) is 0. The van der Waals surface area contributed by atoms with Crippen LogP contribution in [0.15, 0.2) is 59.9 Å². The Morgan fingerprint density at radius 1 is 1.16 bits per heavy atom. The predicted molar refractivity (Wildman–Crippen MR) is 74.8 cm³/mol. The lowest BCUT2D eigenvalue weighted by Crippen LogP contribution is -2.19. The quantitative estimate of drug-likeness (QED) is 0.718. The van der Waals surface area contributed by atoms with Gasteiger partial charge in [-0.05, 0) is 23.3 Å². The van der Waals surface area contributed by atoms with E-state index in [1.165, 1.54) is 0 Å². The van der Waals surface area contributed by atoms with Crippen LogP contribution < -0.4 is 0 Å². The summed E-state index contributed by atoms with van der Waals surface area (Å²) in [7, 11) is 0. The number of rotatable bonds is 1. The third kappa shape index (κ3) is 2.49. The van der Waals surface area contributed by atoms with Gasteiger partial charge in [0.15, 0.2) is 0 Å². The minimum Gasteiger partial charge on any atom is -0.430 e. The second-order valence-corrected chi connectivity index (χ2v) is 5.09. The highest BCUT2D eigenvalue weighted by atomic mass is 35.5. The Balaban J connectivity index is 2.03. The molecule has 2 aliphatic rings. The molecule has 3 rings (SSSR count). The average Bonchev–Trinajstić information content (AvgIpc) is 2.64. The molecule has 3 heteroatoms. The molecule has 1 aromatic rings. The number of hydrogen-bond acceptors (Lipinski definition) is 2. The molecule has 1 aliphatic carbocycles. The maximum atomic E-state index is 11.8. The van der Waals surface area contributed by atoms with Crippen molar-refractivity contribution in [3.05, 3.63) is 70.5 Å². The van der Waals surface area contributed by atoms with Crippen LogP contribution in [-0.2, 0) is 9.53 Å². The molecule has 2 nitrogen and oxygen atoms in total. The van der Waals surface area contributed by atoms with E-state index < -0.39 is 0 Å². The number of halogens is 1. The second kappa shape index (κ2) is 5.06. The van der Waals surface area contributed by atoms with Crippen molar-refractivity contribution in [3.63, 3.8) is 0 Å². The van der Waals surface area contributed by atoms with Crippen molar-refractivity contribution in [2.45, 2.75) is 18.8 Å². The Labute approximate surface area is 117 Å². The van der Waals surface area contributed by atoms with E-state index in [2.05, 4.69) is 0 Å². The number of carbonyl (C=O) groups is 1. The van der Waals surface area contributed by atoms with Crippen LogP contribution in [0.4, 0.5) is 0 Å². The van der Waals surface area contributed by atoms with Crippen molar-refractivity contribution >= 4 is 17.6 Å². The predicted octanol–water partition coefficient (Wildman–Crippen LogP) is 4.14. The molecule has 0 bridgehead atoms. The fourth-order valence-electron chi connectivity index (χ4n) is 2.48. The molecule has 0 fully saturated rings. The highest BCUT2D eigenvalue weighted by Crippen LogP contribution is 2.37. The van der Waals surface area contributed by atoms with Crippen LogP contribution >= 0.6 is 11.6 Å². The monoisotopic (exact) mass is 272 g/mol. The van der Waals surface area contributed by atoms with Crippen molar-refractivity contribution < 1.29 is 9.53 Å². The van der Waals surface area contributed by atoms with Crippen molar-refractivity contribution in [2.75, 3.05) is 0 Å². The Morgan fingerprint density at radius 3 is 2.74 bits per heavy atom. The molecule has 1 unspecified atom stereocenters. The minimum atomic E-state index is -0.164. The fraction of sp³-hybridized carbons (Fsp3) is 0.188. The lowest BCUT2D eigenvalue weighted by molar-refractivity contribution is -0.141. The SMILES string of the molecule is O=C1CC(c2ccc(Cl)cc2)C2=C(CC=CC=C2)O1. The number of allylic oxidation sites excluding steroid dienone is 5. The fourth-order valence-corrected chi connectivity index (χ4v) is 2.61. The molecule has 0 aromatic heterocycles. The average molecular weight is 273 g/mol. The first-order valence-electron chi connectivity index (χ1n) is 6.26. The van der Waals surface area contributed by atoms with Gasteiger partial charge >= 0.3 is 5.97 Å². The molecule has 1 aliphatic heterocycles. The zero-order chi connectivity index (χ0) is 13.2. The van der Waals surface area contributed by atoms with Gasteiger partial charge in [-0.25, -0.2) is 0 Å². The topological polar surface area (TPSA) is 26.3 Å². The van der Waals surface area contributed by atoms with Crippen LogP contribution in [0.1, 0.15) is 24.3 Å². The molecule has 19 heavy (non-hydrogen) atoms. The van der Waals surface area contributed by atoms with Crippen LogP contribution in [0.5, 0.6) is 0 Å². The molecule has 1 aromatic carbocycles. The summed E-state index contributed by atoms with van der Waals surface area (Å²) in [5, 5.41) is 0.703. The molecule has 0 saturated heterocycles. The molecule has 0 N–H and O–H groups in total. The van der Waals surface area contributed by atoms with E-state index in [1.54, 1.807) is 0 Å². The highest BCUT2D eigenvalue weighted by molar-refractivity contribution is 6.30. The minimum absolute atomic E-state index is 0.0599. The number of ether oxygens (including phenoxy) is 1. The molecule has 1 atom stereocenters. The summed E-state index contributed by atoms with van der Waals surface area (Å²) in [6.07, 6.45) is 9.04. The summed E-state index contributed by atoms with van der Waals surface area (Å²) in [6, 6.07) is 7.66. The van der Waals surface area contributed by atoms with E-state index in [9.17, 15) is 4.79 Å². The Kier molecular flexibility index (Phi) is 3.26. The normalized spacial score (nSPS) is 21.9. The summed E-state index contributed by atoms with van der Waals surface area (Å²) in [5.74, 6) is 0.660. The smallest absolute Gasteiger partial charge is 0.311 e. The first kappa shape index (κ1) is 12.2. The molecular weight excluding hydrogens is 260 g/mol. The molecule has 0 spiro atoms. The first-order chi connectivity index (χ1) is 9.24. The van der Waals surface area contributed by atoms with E-state index in [0.717, 1.165) is 16.9 Å². The Hall–Kier alpha value is -1.80. The van der Waals surface area contributed by atoms with Crippen molar-refractivity contribution in [2.24, 2.45) is 0 Å². The van der Waals surface area contributed by atoms with E-state index in [-0.39, 0.29) is 11.9 Å². The Bertz CT molecular complexity index is 594. The lowest BCUT2D eigenvalue weighted by atomic mass is 9.85. The molecule has 0 saturated carbocycles. The van der Waals surface area contributed by atoms with Crippen molar-refractivity contribution in [3.8, 4) is 0 Å². The molecular formula is C16H13ClO2. The standard InChI is InChI=1S/C16H13ClO2/c17-12-8-6-11(7-9-12)14-10-16(18)19-15-5-3-1-2-4-13(14)15/h1-4,6-9,14H,5,10H2. The zero-order valence-corrected chi connectivity index (χ0v) is 11.1. The van der Waals surface area contributed by atoms with Gasteiger partial charge in [0.05, 0.1) is 6.42 Å². The lowest BCUT2D eigenvalue weighted by Gasteiger charge is -2.25. The van der Waals surface area contributed by atoms with Gasteiger partial charge in [-0.2, -0.15) is 0 Å². The van der Waals surface area contributed by atoms with Gasteiger partial charge in [-0.3, -0.25) is 4.79 Å². The molecule has 0 amide bonds. The maximum Gasteiger partial charge on any atom is 0.311 e. The van der Waals surface area contributed by atoms with Crippen molar-refractivity contribution in [1.82, 2.24) is 0 Å². The van der Waals surface area contributed by atoms with Crippen LogP contribution in [0.25, 0.3) is 0 Å². The van der Waals surface area contributed by atoms with Crippen LogP contribution in [0.3, 0.4) is 0 Å². The summed E-state index contributed by atoms with van der Waals surface area (Å²) in [4.78, 5) is 11.8. The molecule has 1 heterocycles. The first-order valence-corrected chi connectivity index (χ1v) is 6.64. The maximum absolute atomic E-state index is 11.8. The Morgan fingerprint density at radius 2 is 1.95 bits per heavy atom. The van der Waals surface area contributed by atoms with Gasteiger partial charge < -0.3 is 4.74 Å². The van der Waals surface area contributed by atoms with E-state index in [4.69, 9.17) is 16.3 Å². The van der Waals surface area contributed by atoms with Gasteiger partial charge in [-0.1, -0.05) is 48.0 Å². The number of hydrogen-bond donors (Lipinski definition) is 0. The third-order valence-electron chi connectivity index (χ3n) is 3.40. The van der Waals surface area contributed by atoms with E-state index in [0.29, 0.717) is 17.9 Å². The van der Waals surface area contributed by atoms with Gasteiger partial charge in [0.25, 0.3) is 0 Å². The third-order valence-corrected chi connectivity index (χ3v) is 3.66. The van der Waals surface area contributed by atoms with E-state index >= 15 is 0 Å². The van der Waals surface area contributed by atoms with Gasteiger partial charge in [-0.15, -0.1) is 0 Å². The van der Waals surface area contributed by atoms with E-state index in [1.807, 2.05) is 48.6 Å².